The van der Waals surface area contributed by atoms with Crippen molar-refractivity contribution in [2.24, 2.45) is 5.92 Å². The molecule has 1 saturated carbocycles. The van der Waals surface area contributed by atoms with Crippen molar-refractivity contribution in [2.45, 2.75) is 78.1 Å². The Labute approximate surface area is 211 Å². The third kappa shape index (κ3) is 5.10. The van der Waals surface area contributed by atoms with Crippen LogP contribution in [0.25, 0.3) is 11.1 Å². The third-order valence-electron chi connectivity index (χ3n) is 7.64. The molecule has 0 N–H and O–H groups in total. The second-order valence-electron chi connectivity index (χ2n) is 12.1. The van der Waals surface area contributed by atoms with E-state index in [1.165, 1.54) is 27.8 Å². The summed E-state index contributed by atoms with van der Waals surface area (Å²) in [7, 11) is 0. The summed E-state index contributed by atoms with van der Waals surface area (Å²) in [5, 5.41) is 0. The molecule has 1 heterocycles. The van der Waals surface area contributed by atoms with Crippen LogP contribution in [0.1, 0.15) is 78.5 Å². The number of allylic oxidation sites excluding steroid dienone is 3. The fourth-order valence-corrected chi connectivity index (χ4v) is 5.01. The van der Waals surface area contributed by atoms with Gasteiger partial charge in [-0.1, -0.05) is 84.0 Å². The molecule has 0 spiro atoms. The molecule has 0 aromatic heterocycles. The first-order valence-corrected chi connectivity index (χ1v) is 12.8. The maximum absolute atomic E-state index is 11.7. The number of benzene rings is 2. The molecule has 3 heteroatoms. The molecule has 1 aliphatic heterocycles. The predicted octanol–water partition coefficient (Wildman–Crippen LogP) is 7.66. The number of carbonyl (C=O) groups excluding carboxylic acids is 1. The van der Waals surface area contributed by atoms with Crippen molar-refractivity contribution in [2.75, 3.05) is 13.2 Å². The summed E-state index contributed by atoms with van der Waals surface area (Å²) < 4.78 is 11.3. The zero-order chi connectivity index (χ0) is 25.6. The van der Waals surface area contributed by atoms with Crippen molar-refractivity contribution in [1.82, 2.24) is 0 Å². The Bertz CT molecular complexity index is 1170. The van der Waals surface area contributed by atoms with Gasteiger partial charge in [0.1, 0.15) is 5.75 Å². The van der Waals surface area contributed by atoms with Crippen molar-refractivity contribution in [3.05, 3.63) is 76.9 Å². The summed E-state index contributed by atoms with van der Waals surface area (Å²) in [4.78, 5) is 11.7. The van der Waals surface area contributed by atoms with Crippen molar-refractivity contribution >= 4 is 5.97 Å². The summed E-state index contributed by atoms with van der Waals surface area (Å²) >= 11 is 0. The van der Waals surface area contributed by atoms with E-state index in [0.717, 1.165) is 17.7 Å². The molecule has 186 valence electrons. The molecule has 0 radical (unpaired) electrons. The highest BCUT2D eigenvalue weighted by atomic mass is 16.5. The quantitative estimate of drug-likeness (QED) is 0.246. The van der Waals surface area contributed by atoms with E-state index in [1.807, 2.05) is 13.8 Å². The van der Waals surface area contributed by atoms with Crippen LogP contribution in [0.2, 0.25) is 0 Å². The molecule has 2 atom stereocenters. The van der Waals surface area contributed by atoms with Gasteiger partial charge in [-0.05, 0) is 65.3 Å². The molecule has 2 aliphatic rings. The number of hydrogen-bond acceptors (Lipinski definition) is 3. The molecule has 1 aliphatic carbocycles. The van der Waals surface area contributed by atoms with E-state index in [1.54, 1.807) is 6.08 Å². The molecule has 35 heavy (non-hydrogen) atoms. The van der Waals surface area contributed by atoms with Gasteiger partial charge in [0.2, 0.25) is 0 Å². The smallest absolute Gasteiger partial charge is 0.330 e. The second kappa shape index (κ2) is 9.00. The maximum Gasteiger partial charge on any atom is 0.330 e. The van der Waals surface area contributed by atoms with Gasteiger partial charge in [-0.3, -0.25) is 0 Å². The largest absolute Gasteiger partial charge is 0.492 e. The second-order valence-corrected chi connectivity index (χ2v) is 12.1. The lowest BCUT2D eigenvalue weighted by Gasteiger charge is -2.21. The Kier molecular flexibility index (Phi) is 6.51. The van der Waals surface area contributed by atoms with E-state index < -0.39 is 0 Å². The van der Waals surface area contributed by atoms with Crippen molar-refractivity contribution in [3.8, 4) is 16.9 Å². The summed E-state index contributed by atoms with van der Waals surface area (Å²) in [6.07, 6.45) is 6.96. The summed E-state index contributed by atoms with van der Waals surface area (Å²) in [5.41, 5.74) is 7.51. The van der Waals surface area contributed by atoms with E-state index >= 15 is 0 Å². The molecular formula is C32H40O3. The fraction of sp³-hybridized carbons (Fsp3) is 0.469. The minimum absolute atomic E-state index is 0.0129. The van der Waals surface area contributed by atoms with Crippen LogP contribution in [0.15, 0.2) is 60.2 Å². The molecule has 0 saturated heterocycles. The SMILES string of the molecule is CCOC(=O)/C=C(C)/C=C/[C@@H]1C[C@]1(C)c1cc(-c2ccc(C(C)(C)C)cc2)c2c(c1)C(C)(C)CO2. The Morgan fingerprint density at radius 3 is 2.46 bits per heavy atom. The Morgan fingerprint density at radius 1 is 1.14 bits per heavy atom. The van der Waals surface area contributed by atoms with E-state index in [9.17, 15) is 4.79 Å². The molecule has 3 nitrogen and oxygen atoms in total. The zero-order valence-corrected chi connectivity index (χ0v) is 22.6. The van der Waals surface area contributed by atoms with Crippen LogP contribution in [0.4, 0.5) is 0 Å². The van der Waals surface area contributed by atoms with Gasteiger partial charge < -0.3 is 9.47 Å². The zero-order valence-electron chi connectivity index (χ0n) is 22.6. The van der Waals surface area contributed by atoms with E-state index in [0.29, 0.717) is 19.1 Å². The molecule has 4 rings (SSSR count). The third-order valence-corrected chi connectivity index (χ3v) is 7.64. The van der Waals surface area contributed by atoms with E-state index in [4.69, 9.17) is 9.47 Å². The van der Waals surface area contributed by atoms with Crippen LogP contribution >= 0.6 is 0 Å². The normalized spacial score (nSPS) is 23.2. The van der Waals surface area contributed by atoms with Crippen molar-refractivity contribution in [1.29, 1.82) is 0 Å². The van der Waals surface area contributed by atoms with Gasteiger partial charge >= 0.3 is 5.97 Å². The Morgan fingerprint density at radius 2 is 1.83 bits per heavy atom. The number of ether oxygens (including phenoxy) is 2. The minimum Gasteiger partial charge on any atom is -0.492 e. The number of rotatable bonds is 6. The summed E-state index contributed by atoms with van der Waals surface area (Å²) in [6, 6.07) is 13.7. The molecular weight excluding hydrogens is 432 g/mol. The molecule has 2 aromatic carbocycles. The Balaban J connectivity index is 1.67. The van der Waals surface area contributed by atoms with Crippen LogP contribution in [-0.4, -0.2) is 19.2 Å². The number of fused-ring (bicyclic) bond motifs is 1. The number of carbonyl (C=O) groups is 1. The van der Waals surface area contributed by atoms with Gasteiger partial charge in [0.15, 0.2) is 0 Å². The predicted molar refractivity (Wildman–Crippen MR) is 144 cm³/mol. The monoisotopic (exact) mass is 472 g/mol. The van der Waals surface area contributed by atoms with E-state index in [-0.39, 0.29) is 22.2 Å². The first kappa shape index (κ1) is 25.3. The highest BCUT2D eigenvalue weighted by Gasteiger charge is 2.50. The average Bonchev–Trinajstić information content (AvgIpc) is 3.36. The van der Waals surface area contributed by atoms with Crippen molar-refractivity contribution < 1.29 is 14.3 Å². The van der Waals surface area contributed by atoms with Crippen LogP contribution < -0.4 is 4.74 Å². The van der Waals surface area contributed by atoms with Gasteiger partial charge in [0, 0.05) is 22.6 Å². The lowest BCUT2D eigenvalue weighted by Crippen LogP contribution is -2.18. The molecule has 1 fully saturated rings. The van der Waals surface area contributed by atoms with Gasteiger partial charge in [0.25, 0.3) is 0 Å². The van der Waals surface area contributed by atoms with Crippen LogP contribution in [-0.2, 0) is 25.8 Å². The first-order chi connectivity index (χ1) is 16.3. The van der Waals surface area contributed by atoms with Crippen LogP contribution in [0, 0.1) is 5.92 Å². The van der Waals surface area contributed by atoms with Gasteiger partial charge in [-0.15, -0.1) is 0 Å². The van der Waals surface area contributed by atoms with Gasteiger partial charge in [-0.2, -0.15) is 0 Å². The topological polar surface area (TPSA) is 35.5 Å². The fourth-order valence-electron chi connectivity index (χ4n) is 5.01. The molecule has 0 amide bonds. The van der Waals surface area contributed by atoms with Gasteiger partial charge in [0.05, 0.1) is 13.2 Å². The average molecular weight is 473 g/mol. The molecule has 0 unspecified atom stereocenters. The molecule has 0 bridgehead atoms. The molecule has 2 aromatic rings. The minimum atomic E-state index is -0.281. The number of hydrogen-bond donors (Lipinski definition) is 0. The first-order valence-electron chi connectivity index (χ1n) is 12.8. The summed E-state index contributed by atoms with van der Waals surface area (Å²) in [5.74, 6) is 1.19. The van der Waals surface area contributed by atoms with E-state index in [2.05, 4.69) is 90.1 Å². The highest BCUT2D eigenvalue weighted by molar-refractivity contribution is 5.83. The van der Waals surface area contributed by atoms with Crippen LogP contribution in [0.3, 0.4) is 0 Å². The lowest BCUT2D eigenvalue weighted by molar-refractivity contribution is -0.137. The van der Waals surface area contributed by atoms with Crippen molar-refractivity contribution in [3.63, 3.8) is 0 Å². The number of esters is 1. The summed E-state index contributed by atoms with van der Waals surface area (Å²) in [6.45, 7) is 18.5. The van der Waals surface area contributed by atoms with Crippen LogP contribution in [0.5, 0.6) is 5.75 Å². The highest BCUT2D eigenvalue weighted by Crippen LogP contribution is 2.57. The maximum atomic E-state index is 11.7. The van der Waals surface area contributed by atoms with Gasteiger partial charge in [-0.25, -0.2) is 4.79 Å². The Hall–Kier alpha value is -2.81. The lowest BCUT2D eigenvalue weighted by atomic mass is 9.81. The standard InChI is InChI=1S/C32H40O3/c1-9-34-28(33)16-21(2)10-13-24-19-32(24,8)25-17-26(29-27(18-25)31(6,7)20-35-29)22-11-14-23(15-12-22)30(3,4)5/h10-18,24H,9,19-20H2,1-8H3/b13-10+,21-16+/t24-,32+/m1/s1.